The minimum atomic E-state index is 0.716. The molecule has 0 aromatic carbocycles. The second kappa shape index (κ2) is 1.78. The van der Waals surface area contributed by atoms with Crippen LogP contribution in [0.4, 0.5) is 0 Å². The number of rotatable bonds is 1. The van der Waals surface area contributed by atoms with Crippen LogP contribution < -0.4 is 0 Å². The zero-order valence-electron chi connectivity index (χ0n) is 7.35. The molecule has 4 atom stereocenters. The van der Waals surface area contributed by atoms with Crippen LogP contribution in [-0.2, 0) is 0 Å². The van der Waals surface area contributed by atoms with Gasteiger partial charge < -0.3 is 0 Å². The quantitative estimate of drug-likeness (QED) is 0.522. The normalized spacial score (nSPS) is 58.5. The van der Waals surface area contributed by atoms with Crippen LogP contribution in [0, 0.1) is 23.2 Å². The Morgan fingerprint density at radius 1 is 1.50 bits per heavy atom. The molecule has 0 radical (unpaired) electrons. The van der Waals surface area contributed by atoms with Crippen molar-refractivity contribution in [3.8, 4) is 0 Å². The predicted octanol–water partition coefficient (Wildman–Crippen LogP) is 3.08. The fourth-order valence-electron chi connectivity index (χ4n) is 2.89. The molecule has 2 rings (SSSR count). The molecule has 0 aromatic heterocycles. The molecule has 2 aliphatic rings. The second-order valence-electron chi connectivity index (χ2n) is 4.66. The van der Waals surface area contributed by atoms with E-state index in [0.717, 1.165) is 17.8 Å². The van der Waals surface area contributed by atoms with Crippen molar-refractivity contribution < 1.29 is 0 Å². The topological polar surface area (TPSA) is 0 Å². The standard InChI is InChI=1S/C10H18/c1-4-10(3)6-8-5-9(8)7(10)2/h7-9H,4-6H2,1-3H3. The lowest BCUT2D eigenvalue weighted by Crippen LogP contribution is -2.21. The van der Waals surface area contributed by atoms with Crippen molar-refractivity contribution in [1.82, 2.24) is 0 Å². The Hall–Kier alpha value is 0. The van der Waals surface area contributed by atoms with Crippen LogP contribution in [0.2, 0.25) is 0 Å². The summed E-state index contributed by atoms with van der Waals surface area (Å²) in [6.45, 7) is 7.28. The van der Waals surface area contributed by atoms with Crippen molar-refractivity contribution >= 4 is 0 Å². The molecule has 4 unspecified atom stereocenters. The molecule has 0 N–H and O–H groups in total. The molecule has 0 nitrogen and oxygen atoms in total. The molecular formula is C10H18. The Labute approximate surface area is 64.0 Å². The highest BCUT2D eigenvalue weighted by Gasteiger charge is 2.55. The van der Waals surface area contributed by atoms with Crippen LogP contribution in [0.5, 0.6) is 0 Å². The highest BCUT2D eigenvalue weighted by atomic mass is 14.6. The molecule has 58 valence electrons. The third kappa shape index (κ3) is 0.681. The summed E-state index contributed by atoms with van der Waals surface area (Å²) in [5, 5.41) is 0. The maximum absolute atomic E-state index is 2.48. The van der Waals surface area contributed by atoms with Crippen LogP contribution in [0.25, 0.3) is 0 Å². The molecular weight excluding hydrogens is 120 g/mol. The summed E-state index contributed by atoms with van der Waals surface area (Å²) >= 11 is 0. The molecule has 0 amide bonds. The summed E-state index contributed by atoms with van der Waals surface area (Å²) in [4.78, 5) is 0. The van der Waals surface area contributed by atoms with Crippen molar-refractivity contribution in [3.63, 3.8) is 0 Å². The summed E-state index contributed by atoms with van der Waals surface area (Å²) in [5.41, 5.74) is 0.716. The molecule has 0 aliphatic heterocycles. The Bertz CT molecular complexity index is 150. The minimum absolute atomic E-state index is 0.716. The molecule has 0 heterocycles. The average Bonchev–Trinajstić information content (AvgIpc) is 2.61. The third-order valence-electron chi connectivity index (χ3n) is 4.25. The fraction of sp³-hybridized carbons (Fsp3) is 1.00. The van der Waals surface area contributed by atoms with Gasteiger partial charge in [-0.2, -0.15) is 0 Å². The highest BCUT2D eigenvalue weighted by molar-refractivity contribution is 5.05. The van der Waals surface area contributed by atoms with Crippen molar-refractivity contribution in [3.05, 3.63) is 0 Å². The van der Waals surface area contributed by atoms with E-state index in [1.165, 1.54) is 12.8 Å². The summed E-state index contributed by atoms with van der Waals surface area (Å²) in [6, 6.07) is 0. The Kier molecular flexibility index (Phi) is 1.19. The Balaban J connectivity index is 2.12. The lowest BCUT2D eigenvalue weighted by molar-refractivity contribution is 0.200. The van der Waals surface area contributed by atoms with Gasteiger partial charge in [-0.05, 0) is 36.0 Å². The van der Waals surface area contributed by atoms with Gasteiger partial charge in [0.15, 0.2) is 0 Å². The lowest BCUT2D eigenvalue weighted by Gasteiger charge is -2.30. The molecule has 0 aromatic rings. The molecule has 2 fully saturated rings. The molecule has 0 saturated heterocycles. The molecule has 0 heteroatoms. The maximum Gasteiger partial charge on any atom is -0.0297 e. The van der Waals surface area contributed by atoms with Gasteiger partial charge in [0.2, 0.25) is 0 Å². The van der Waals surface area contributed by atoms with Crippen LogP contribution in [0.3, 0.4) is 0 Å². The smallest absolute Gasteiger partial charge is 0.0297 e. The number of hydrogen-bond acceptors (Lipinski definition) is 0. The minimum Gasteiger partial charge on any atom is -0.0649 e. The largest absolute Gasteiger partial charge is 0.0649 e. The lowest BCUT2D eigenvalue weighted by atomic mass is 9.75. The van der Waals surface area contributed by atoms with Crippen molar-refractivity contribution in [2.24, 2.45) is 23.2 Å². The van der Waals surface area contributed by atoms with Gasteiger partial charge >= 0.3 is 0 Å². The number of fused-ring (bicyclic) bond motifs is 1. The van der Waals surface area contributed by atoms with E-state index >= 15 is 0 Å². The van der Waals surface area contributed by atoms with Crippen LogP contribution >= 0.6 is 0 Å². The van der Waals surface area contributed by atoms with E-state index in [2.05, 4.69) is 20.8 Å². The van der Waals surface area contributed by atoms with Gasteiger partial charge in [-0.3, -0.25) is 0 Å². The molecule has 2 saturated carbocycles. The first-order valence-corrected chi connectivity index (χ1v) is 4.67. The Morgan fingerprint density at radius 3 is 2.50 bits per heavy atom. The zero-order chi connectivity index (χ0) is 7.35. The summed E-state index contributed by atoms with van der Waals surface area (Å²) < 4.78 is 0. The molecule has 10 heavy (non-hydrogen) atoms. The Morgan fingerprint density at radius 2 is 2.20 bits per heavy atom. The van der Waals surface area contributed by atoms with Crippen LogP contribution in [-0.4, -0.2) is 0 Å². The first-order chi connectivity index (χ1) is 4.67. The summed E-state index contributed by atoms with van der Waals surface area (Å²) in [6.07, 6.45) is 4.47. The maximum atomic E-state index is 2.48. The third-order valence-corrected chi connectivity index (χ3v) is 4.25. The zero-order valence-corrected chi connectivity index (χ0v) is 7.35. The van der Waals surface area contributed by atoms with Crippen molar-refractivity contribution in [2.75, 3.05) is 0 Å². The van der Waals surface area contributed by atoms with Gasteiger partial charge in [-0.25, -0.2) is 0 Å². The van der Waals surface area contributed by atoms with E-state index in [4.69, 9.17) is 0 Å². The molecule has 0 bridgehead atoms. The average molecular weight is 138 g/mol. The van der Waals surface area contributed by atoms with Gasteiger partial charge in [-0.1, -0.05) is 27.2 Å². The molecule has 2 aliphatic carbocycles. The first kappa shape index (κ1) is 6.69. The fourth-order valence-corrected chi connectivity index (χ4v) is 2.89. The number of hydrogen-bond donors (Lipinski definition) is 0. The van der Waals surface area contributed by atoms with E-state index in [0.29, 0.717) is 5.41 Å². The van der Waals surface area contributed by atoms with Gasteiger partial charge in [0, 0.05) is 0 Å². The van der Waals surface area contributed by atoms with E-state index < -0.39 is 0 Å². The van der Waals surface area contributed by atoms with E-state index in [1.54, 1.807) is 6.42 Å². The highest BCUT2D eigenvalue weighted by Crippen LogP contribution is 2.64. The SMILES string of the molecule is CCC1(C)CC2CC2C1C. The van der Waals surface area contributed by atoms with Gasteiger partial charge in [0.25, 0.3) is 0 Å². The first-order valence-electron chi connectivity index (χ1n) is 4.67. The monoisotopic (exact) mass is 138 g/mol. The second-order valence-corrected chi connectivity index (χ2v) is 4.66. The van der Waals surface area contributed by atoms with Gasteiger partial charge in [-0.15, -0.1) is 0 Å². The van der Waals surface area contributed by atoms with Gasteiger partial charge in [0.05, 0.1) is 0 Å². The van der Waals surface area contributed by atoms with E-state index in [1.807, 2.05) is 0 Å². The van der Waals surface area contributed by atoms with Crippen LogP contribution in [0.15, 0.2) is 0 Å². The van der Waals surface area contributed by atoms with Crippen LogP contribution in [0.1, 0.15) is 40.0 Å². The summed E-state index contributed by atoms with van der Waals surface area (Å²) in [7, 11) is 0. The molecule has 0 spiro atoms. The van der Waals surface area contributed by atoms with Crippen molar-refractivity contribution in [1.29, 1.82) is 0 Å². The van der Waals surface area contributed by atoms with Gasteiger partial charge in [0.1, 0.15) is 0 Å². The van der Waals surface area contributed by atoms with Crippen molar-refractivity contribution in [2.45, 2.75) is 40.0 Å². The van der Waals surface area contributed by atoms with E-state index in [9.17, 15) is 0 Å². The summed E-state index contributed by atoms with van der Waals surface area (Å²) in [5.74, 6) is 3.28. The van der Waals surface area contributed by atoms with E-state index in [-0.39, 0.29) is 0 Å². The predicted molar refractivity (Wildman–Crippen MR) is 43.8 cm³/mol.